The van der Waals surface area contributed by atoms with Crippen molar-refractivity contribution in [3.05, 3.63) is 29.3 Å². The lowest BCUT2D eigenvalue weighted by molar-refractivity contribution is 0.421. The van der Waals surface area contributed by atoms with Crippen LogP contribution in [0.3, 0.4) is 0 Å². The van der Waals surface area contributed by atoms with Crippen LogP contribution < -0.4 is 0 Å². The molecule has 1 aromatic rings. The van der Waals surface area contributed by atoms with E-state index in [-0.39, 0.29) is 0 Å². The van der Waals surface area contributed by atoms with Crippen LogP contribution in [0.2, 0.25) is 0 Å². The van der Waals surface area contributed by atoms with Gasteiger partial charge < -0.3 is 5.11 Å². The molecule has 0 radical (unpaired) electrons. The first-order chi connectivity index (χ1) is 6.15. The van der Waals surface area contributed by atoms with Crippen LogP contribution in [0, 0.1) is 11.6 Å². The van der Waals surface area contributed by atoms with Gasteiger partial charge in [-0.15, -0.1) is 0 Å². The summed E-state index contributed by atoms with van der Waals surface area (Å²) in [6.07, 6.45) is 0.417. The molecule has 0 unspecified atom stereocenters. The minimum atomic E-state index is -0.901. The summed E-state index contributed by atoms with van der Waals surface area (Å²) in [6, 6.07) is 1.78. The monoisotopic (exact) mass is 188 g/mol. The average Bonchev–Trinajstić information content (AvgIpc) is 2.14. The molecule has 1 N–H and O–H groups in total. The summed E-state index contributed by atoms with van der Waals surface area (Å²) in [6.45, 7) is 5.72. The first kappa shape index (κ1) is 11.9. The van der Waals surface area contributed by atoms with Gasteiger partial charge >= 0.3 is 0 Å². The fraction of sp³-hybridized carbons (Fsp3) is 0.400. The molecular weight excluding hydrogens is 174 g/mol. The molecule has 3 heteroatoms. The summed E-state index contributed by atoms with van der Waals surface area (Å²) in [5.74, 6) is -2.01. The van der Waals surface area contributed by atoms with Gasteiger partial charge in [-0.25, -0.2) is 8.78 Å². The zero-order valence-electron chi connectivity index (χ0n) is 8.06. The summed E-state index contributed by atoms with van der Waals surface area (Å²) in [7, 11) is 0. The van der Waals surface area contributed by atoms with Crippen molar-refractivity contribution < 1.29 is 13.9 Å². The molecule has 13 heavy (non-hydrogen) atoms. The topological polar surface area (TPSA) is 20.2 Å². The zero-order chi connectivity index (χ0) is 10.4. The van der Waals surface area contributed by atoms with Crippen molar-refractivity contribution in [2.24, 2.45) is 0 Å². The lowest BCUT2D eigenvalue weighted by Gasteiger charge is -2.01. The highest BCUT2D eigenvalue weighted by atomic mass is 19.1. The van der Waals surface area contributed by atoms with Gasteiger partial charge in [-0.1, -0.05) is 20.8 Å². The molecule has 1 rings (SSSR count). The highest BCUT2D eigenvalue weighted by Gasteiger charge is 2.07. The van der Waals surface area contributed by atoms with Gasteiger partial charge in [0.2, 0.25) is 0 Å². The van der Waals surface area contributed by atoms with E-state index in [0.29, 0.717) is 18.1 Å². The van der Waals surface area contributed by atoms with E-state index in [0.717, 1.165) is 6.07 Å². The highest BCUT2D eigenvalue weighted by Crippen LogP contribution is 2.22. The third kappa shape index (κ3) is 3.01. The first-order valence-electron chi connectivity index (χ1n) is 4.32. The van der Waals surface area contributed by atoms with Crippen molar-refractivity contribution in [1.29, 1.82) is 0 Å². The Labute approximate surface area is 77.0 Å². The molecule has 0 heterocycles. The van der Waals surface area contributed by atoms with Crippen molar-refractivity contribution in [2.75, 3.05) is 0 Å². The standard InChI is InChI=1S/C8H8F2O.C2H6/c1-2-5-3-6(9)4-7(10)8(5)11;1-2/h3-4,11H,2H2,1H3;1-2H3. The van der Waals surface area contributed by atoms with Crippen molar-refractivity contribution in [1.82, 2.24) is 0 Å². The Hall–Kier alpha value is -1.12. The van der Waals surface area contributed by atoms with Crippen LogP contribution in [0.1, 0.15) is 26.3 Å². The van der Waals surface area contributed by atoms with Crippen molar-refractivity contribution >= 4 is 0 Å². The van der Waals surface area contributed by atoms with Gasteiger partial charge in [0.15, 0.2) is 11.6 Å². The predicted molar refractivity (Wildman–Crippen MR) is 48.7 cm³/mol. The van der Waals surface area contributed by atoms with Crippen molar-refractivity contribution in [3.63, 3.8) is 0 Å². The minimum absolute atomic E-state index is 0.294. The molecule has 1 nitrogen and oxygen atoms in total. The van der Waals surface area contributed by atoms with Crippen LogP contribution in [0.15, 0.2) is 12.1 Å². The Morgan fingerprint density at radius 1 is 1.23 bits per heavy atom. The number of rotatable bonds is 1. The second-order valence-electron chi connectivity index (χ2n) is 2.25. The van der Waals surface area contributed by atoms with Gasteiger partial charge in [0.1, 0.15) is 5.82 Å². The molecule has 0 aliphatic heterocycles. The zero-order valence-corrected chi connectivity index (χ0v) is 8.06. The molecule has 0 aliphatic carbocycles. The number of aromatic hydroxyl groups is 1. The largest absolute Gasteiger partial charge is 0.505 e. The van der Waals surface area contributed by atoms with Gasteiger partial charge in [0.05, 0.1) is 0 Å². The van der Waals surface area contributed by atoms with Crippen LogP contribution in [-0.2, 0) is 6.42 Å². The van der Waals surface area contributed by atoms with Crippen LogP contribution >= 0.6 is 0 Å². The van der Waals surface area contributed by atoms with E-state index in [4.69, 9.17) is 5.11 Å². The molecule has 0 amide bonds. The molecule has 0 aromatic heterocycles. The fourth-order valence-corrected chi connectivity index (χ4v) is 0.889. The minimum Gasteiger partial charge on any atom is -0.505 e. The Balaban J connectivity index is 0.000000671. The molecule has 1 aromatic carbocycles. The molecule has 0 fully saturated rings. The molecule has 0 saturated carbocycles. The average molecular weight is 188 g/mol. The summed E-state index contributed by atoms with van der Waals surface area (Å²) in [5.41, 5.74) is 0.294. The number of phenols is 1. The Bertz CT molecular complexity index is 272. The first-order valence-corrected chi connectivity index (χ1v) is 4.32. The molecule has 0 saturated heterocycles. The van der Waals surface area contributed by atoms with E-state index in [9.17, 15) is 8.78 Å². The van der Waals surface area contributed by atoms with Gasteiger partial charge in [-0.2, -0.15) is 0 Å². The van der Waals surface area contributed by atoms with Gasteiger partial charge in [0, 0.05) is 6.07 Å². The predicted octanol–water partition coefficient (Wildman–Crippen LogP) is 3.26. The quantitative estimate of drug-likeness (QED) is 0.717. The number of halogens is 2. The normalized spacial score (nSPS) is 9.00. The SMILES string of the molecule is CC.CCc1cc(F)cc(F)c1O. The van der Waals surface area contributed by atoms with Crippen LogP contribution in [-0.4, -0.2) is 5.11 Å². The molecule has 0 atom stereocenters. The maximum Gasteiger partial charge on any atom is 0.168 e. The van der Waals surface area contributed by atoms with E-state index in [2.05, 4.69) is 0 Å². The fourth-order valence-electron chi connectivity index (χ4n) is 0.889. The van der Waals surface area contributed by atoms with E-state index in [1.54, 1.807) is 6.92 Å². The number of hydrogen-bond donors (Lipinski definition) is 1. The number of aryl methyl sites for hydroxylation is 1. The summed E-state index contributed by atoms with van der Waals surface area (Å²) in [5, 5.41) is 8.98. The van der Waals surface area contributed by atoms with Crippen LogP contribution in [0.4, 0.5) is 8.78 Å². The maximum absolute atomic E-state index is 12.5. The second-order valence-corrected chi connectivity index (χ2v) is 2.25. The van der Waals surface area contributed by atoms with Crippen molar-refractivity contribution in [3.8, 4) is 5.75 Å². The molecular formula is C10H14F2O. The molecule has 74 valence electrons. The summed E-state index contributed by atoms with van der Waals surface area (Å²) in [4.78, 5) is 0. The molecule has 0 aliphatic rings. The molecule has 0 bridgehead atoms. The number of benzene rings is 1. The summed E-state index contributed by atoms with van der Waals surface area (Å²) < 4.78 is 25.0. The van der Waals surface area contributed by atoms with E-state index in [1.807, 2.05) is 13.8 Å². The van der Waals surface area contributed by atoms with Gasteiger partial charge in [0.25, 0.3) is 0 Å². The second kappa shape index (κ2) is 5.51. The smallest absolute Gasteiger partial charge is 0.168 e. The van der Waals surface area contributed by atoms with Crippen LogP contribution in [0.5, 0.6) is 5.75 Å². The van der Waals surface area contributed by atoms with E-state index < -0.39 is 17.4 Å². The Kier molecular flexibility index (Phi) is 5.04. The number of hydrogen-bond acceptors (Lipinski definition) is 1. The maximum atomic E-state index is 12.5. The summed E-state index contributed by atoms with van der Waals surface area (Å²) >= 11 is 0. The Morgan fingerprint density at radius 2 is 1.77 bits per heavy atom. The lowest BCUT2D eigenvalue weighted by atomic mass is 10.1. The lowest BCUT2D eigenvalue weighted by Crippen LogP contribution is -1.88. The number of phenolic OH excluding ortho intramolecular Hbond substituents is 1. The van der Waals surface area contributed by atoms with Gasteiger partial charge in [-0.3, -0.25) is 0 Å². The third-order valence-electron chi connectivity index (χ3n) is 1.49. The Morgan fingerprint density at radius 3 is 2.23 bits per heavy atom. The van der Waals surface area contributed by atoms with E-state index in [1.165, 1.54) is 0 Å². The molecule has 0 spiro atoms. The van der Waals surface area contributed by atoms with Crippen LogP contribution in [0.25, 0.3) is 0 Å². The van der Waals surface area contributed by atoms with Gasteiger partial charge in [-0.05, 0) is 18.1 Å². The third-order valence-corrected chi connectivity index (χ3v) is 1.49. The van der Waals surface area contributed by atoms with E-state index >= 15 is 0 Å². The highest BCUT2D eigenvalue weighted by molar-refractivity contribution is 5.33. The van der Waals surface area contributed by atoms with Crippen molar-refractivity contribution in [2.45, 2.75) is 27.2 Å².